The fraction of sp³-hybridized carbons (Fsp3) is 0.846. The highest BCUT2D eigenvalue weighted by molar-refractivity contribution is 4.98. The number of hydrogen-bond acceptors (Lipinski definition) is 1. The molecule has 1 aliphatic rings. The van der Waals surface area contributed by atoms with E-state index in [4.69, 9.17) is 0 Å². The standard InChI is InChI=1S/C13H25N/c1-5-12(11(3)4)10-13-8-7-9-14(13)6-2/h12-13H,3,5-10H2,1-2,4H3. The van der Waals surface area contributed by atoms with Crippen LogP contribution in [-0.4, -0.2) is 24.0 Å². The van der Waals surface area contributed by atoms with E-state index in [2.05, 4.69) is 32.3 Å². The molecular weight excluding hydrogens is 170 g/mol. The molecule has 0 saturated carbocycles. The Morgan fingerprint density at radius 2 is 2.21 bits per heavy atom. The molecule has 0 spiro atoms. The molecule has 0 amide bonds. The van der Waals surface area contributed by atoms with Crippen molar-refractivity contribution in [2.75, 3.05) is 13.1 Å². The fourth-order valence-corrected chi connectivity index (χ4v) is 2.62. The van der Waals surface area contributed by atoms with E-state index in [-0.39, 0.29) is 0 Å². The molecule has 1 nitrogen and oxygen atoms in total. The van der Waals surface area contributed by atoms with Gasteiger partial charge in [0, 0.05) is 6.04 Å². The van der Waals surface area contributed by atoms with Crippen LogP contribution in [0, 0.1) is 5.92 Å². The molecular formula is C13H25N. The van der Waals surface area contributed by atoms with E-state index in [1.807, 2.05) is 0 Å². The van der Waals surface area contributed by atoms with Crippen LogP contribution in [0.4, 0.5) is 0 Å². The lowest BCUT2D eigenvalue weighted by Gasteiger charge is -2.27. The van der Waals surface area contributed by atoms with Gasteiger partial charge in [0.1, 0.15) is 0 Å². The first-order chi connectivity index (χ1) is 6.69. The molecule has 2 unspecified atom stereocenters. The SMILES string of the molecule is C=C(C)C(CC)CC1CCCN1CC. The first kappa shape index (κ1) is 11.8. The molecule has 0 aromatic rings. The van der Waals surface area contributed by atoms with Crippen LogP contribution >= 0.6 is 0 Å². The lowest BCUT2D eigenvalue weighted by molar-refractivity contribution is 0.235. The van der Waals surface area contributed by atoms with Crippen molar-refractivity contribution in [2.45, 2.75) is 52.5 Å². The average Bonchev–Trinajstić information content (AvgIpc) is 2.60. The van der Waals surface area contributed by atoms with E-state index < -0.39 is 0 Å². The van der Waals surface area contributed by atoms with E-state index in [9.17, 15) is 0 Å². The van der Waals surface area contributed by atoms with E-state index in [0.29, 0.717) is 0 Å². The maximum atomic E-state index is 4.10. The number of allylic oxidation sites excluding steroid dienone is 1. The van der Waals surface area contributed by atoms with Gasteiger partial charge in [-0.1, -0.05) is 26.0 Å². The summed E-state index contributed by atoms with van der Waals surface area (Å²) in [7, 11) is 0. The minimum atomic E-state index is 0.743. The summed E-state index contributed by atoms with van der Waals surface area (Å²) >= 11 is 0. The van der Waals surface area contributed by atoms with Gasteiger partial charge < -0.3 is 4.90 Å². The van der Waals surface area contributed by atoms with Crippen LogP contribution in [0.15, 0.2) is 12.2 Å². The van der Waals surface area contributed by atoms with Crippen molar-refractivity contribution in [2.24, 2.45) is 5.92 Å². The molecule has 1 heterocycles. The maximum Gasteiger partial charge on any atom is 0.0101 e. The third-order valence-corrected chi connectivity index (χ3v) is 3.65. The highest BCUT2D eigenvalue weighted by Gasteiger charge is 2.25. The molecule has 1 rings (SSSR count). The van der Waals surface area contributed by atoms with Crippen LogP contribution in [-0.2, 0) is 0 Å². The molecule has 2 atom stereocenters. The molecule has 0 radical (unpaired) electrons. The van der Waals surface area contributed by atoms with E-state index in [0.717, 1.165) is 12.0 Å². The molecule has 0 aromatic carbocycles. The van der Waals surface area contributed by atoms with E-state index in [1.54, 1.807) is 0 Å². The summed E-state index contributed by atoms with van der Waals surface area (Å²) in [6.07, 6.45) is 5.38. The first-order valence-electron chi connectivity index (χ1n) is 6.08. The quantitative estimate of drug-likeness (QED) is 0.607. The van der Waals surface area contributed by atoms with E-state index >= 15 is 0 Å². The van der Waals surface area contributed by atoms with Crippen molar-refractivity contribution in [1.82, 2.24) is 4.90 Å². The van der Waals surface area contributed by atoms with Crippen LogP contribution in [0.5, 0.6) is 0 Å². The molecule has 1 aliphatic heterocycles. The summed E-state index contributed by atoms with van der Waals surface area (Å²) in [5.41, 5.74) is 1.37. The third-order valence-electron chi connectivity index (χ3n) is 3.65. The van der Waals surface area contributed by atoms with Crippen molar-refractivity contribution in [3.05, 3.63) is 12.2 Å². The molecule has 1 heteroatoms. The largest absolute Gasteiger partial charge is 0.301 e. The Bertz CT molecular complexity index is 186. The summed E-state index contributed by atoms with van der Waals surface area (Å²) < 4.78 is 0. The van der Waals surface area contributed by atoms with Crippen LogP contribution < -0.4 is 0 Å². The number of rotatable bonds is 5. The van der Waals surface area contributed by atoms with Gasteiger partial charge in [-0.2, -0.15) is 0 Å². The van der Waals surface area contributed by atoms with Crippen molar-refractivity contribution in [3.63, 3.8) is 0 Å². The predicted molar refractivity (Wildman–Crippen MR) is 63.5 cm³/mol. The smallest absolute Gasteiger partial charge is 0.0101 e. The minimum Gasteiger partial charge on any atom is -0.301 e. The Balaban J connectivity index is 2.45. The summed E-state index contributed by atoms with van der Waals surface area (Å²) in [5, 5.41) is 0. The zero-order chi connectivity index (χ0) is 10.6. The van der Waals surface area contributed by atoms with Gasteiger partial charge in [0.15, 0.2) is 0 Å². The van der Waals surface area contributed by atoms with Gasteiger partial charge >= 0.3 is 0 Å². The molecule has 1 saturated heterocycles. The molecule has 0 bridgehead atoms. The normalized spacial score (nSPS) is 25.2. The molecule has 1 fully saturated rings. The Hall–Kier alpha value is -0.300. The molecule has 0 aromatic heterocycles. The summed E-state index contributed by atoms with van der Waals surface area (Å²) in [6.45, 7) is 13.4. The first-order valence-corrected chi connectivity index (χ1v) is 6.08. The van der Waals surface area contributed by atoms with Gasteiger partial charge in [-0.3, -0.25) is 0 Å². The maximum absolute atomic E-state index is 4.10. The molecule has 0 N–H and O–H groups in total. The lowest BCUT2D eigenvalue weighted by atomic mass is 9.90. The second kappa shape index (κ2) is 5.55. The summed E-state index contributed by atoms with van der Waals surface area (Å²) in [5.74, 6) is 0.743. The Kier molecular flexibility index (Phi) is 4.67. The van der Waals surface area contributed by atoms with Gasteiger partial charge in [0.05, 0.1) is 0 Å². The van der Waals surface area contributed by atoms with E-state index in [1.165, 1.54) is 44.3 Å². The molecule has 14 heavy (non-hydrogen) atoms. The highest BCUT2D eigenvalue weighted by Crippen LogP contribution is 2.27. The Morgan fingerprint density at radius 1 is 1.50 bits per heavy atom. The van der Waals surface area contributed by atoms with Gasteiger partial charge in [0.25, 0.3) is 0 Å². The monoisotopic (exact) mass is 195 g/mol. The van der Waals surface area contributed by atoms with Crippen LogP contribution in [0.25, 0.3) is 0 Å². The zero-order valence-corrected chi connectivity index (χ0v) is 10.1. The van der Waals surface area contributed by atoms with Crippen molar-refractivity contribution < 1.29 is 0 Å². The topological polar surface area (TPSA) is 3.24 Å². The van der Waals surface area contributed by atoms with Crippen molar-refractivity contribution in [3.8, 4) is 0 Å². The number of likely N-dealkylation sites (tertiary alicyclic amines) is 1. The predicted octanol–water partition coefficient (Wildman–Crippen LogP) is 3.46. The highest BCUT2D eigenvalue weighted by atomic mass is 15.2. The van der Waals surface area contributed by atoms with Crippen LogP contribution in [0.1, 0.15) is 46.5 Å². The number of hydrogen-bond donors (Lipinski definition) is 0. The second-order valence-electron chi connectivity index (χ2n) is 4.61. The second-order valence-corrected chi connectivity index (χ2v) is 4.61. The summed E-state index contributed by atoms with van der Waals surface area (Å²) in [4.78, 5) is 2.63. The minimum absolute atomic E-state index is 0.743. The van der Waals surface area contributed by atoms with Gasteiger partial charge in [-0.05, 0) is 51.6 Å². The van der Waals surface area contributed by atoms with Gasteiger partial charge in [-0.25, -0.2) is 0 Å². The molecule has 82 valence electrons. The van der Waals surface area contributed by atoms with Gasteiger partial charge in [0.2, 0.25) is 0 Å². The van der Waals surface area contributed by atoms with Crippen molar-refractivity contribution >= 4 is 0 Å². The summed E-state index contributed by atoms with van der Waals surface area (Å²) in [6, 6.07) is 0.835. The Morgan fingerprint density at radius 3 is 2.71 bits per heavy atom. The fourth-order valence-electron chi connectivity index (χ4n) is 2.62. The zero-order valence-electron chi connectivity index (χ0n) is 10.1. The number of nitrogens with zero attached hydrogens (tertiary/aromatic N) is 1. The van der Waals surface area contributed by atoms with Gasteiger partial charge in [-0.15, -0.1) is 0 Å². The van der Waals surface area contributed by atoms with Crippen LogP contribution in [0.3, 0.4) is 0 Å². The Labute approximate surface area is 89.2 Å². The molecule has 0 aliphatic carbocycles. The van der Waals surface area contributed by atoms with Crippen molar-refractivity contribution in [1.29, 1.82) is 0 Å². The third kappa shape index (κ3) is 2.84. The van der Waals surface area contributed by atoms with Crippen LogP contribution in [0.2, 0.25) is 0 Å². The lowest BCUT2D eigenvalue weighted by Crippen LogP contribution is -2.31. The average molecular weight is 195 g/mol.